The first-order chi connectivity index (χ1) is 13.6. The zero-order valence-corrected chi connectivity index (χ0v) is 17.7. The third-order valence-corrected chi connectivity index (χ3v) is 6.42. The SMILES string of the molecule is Cc1cc(Cl)ccc1OCCCC(=O)Nc1sc2c(c1C#N)CCCCCC2. The fourth-order valence-electron chi connectivity index (χ4n) is 3.50. The van der Waals surface area contributed by atoms with Crippen LogP contribution in [0.1, 0.15) is 60.1 Å². The molecular weight excluding hydrogens is 392 g/mol. The number of carbonyl (C=O) groups is 1. The normalized spacial score (nSPS) is 13.8. The summed E-state index contributed by atoms with van der Waals surface area (Å²) in [4.78, 5) is 13.6. The van der Waals surface area contributed by atoms with E-state index in [1.54, 1.807) is 17.4 Å². The lowest BCUT2D eigenvalue weighted by molar-refractivity contribution is -0.116. The van der Waals surface area contributed by atoms with Crippen LogP contribution in [-0.4, -0.2) is 12.5 Å². The number of nitrogens with one attached hydrogen (secondary N) is 1. The fraction of sp³-hybridized carbons (Fsp3) is 0.455. The maximum Gasteiger partial charge on any atom is 0.225 e. The molecule has 0 aliphatic heterocycles. The third-order valence-electron chi connectivity index (χ3n) is 4.98. The summed E-state index contributed by atoms with van der Waals surface area (Å²) in [6.45, 7) is 2.41. The van der Waals surface area contributed by atoms with Crippen LogP contribution in [0.2, 0.25) is 5.02 Å². The Kier molecular flexibility index (Phi) is 7.36. The predicted molar refractivity (Wildman–Crippen MR) is 114 cm³/mol. The quantitative estimate of drug-likeness (QED) is 0.584. The number of nitriles is 1. The topological polar surface area (TPSA) is 62.1 Å². The average Bonchev–Trinajstić information content (AvgIpc) is 2.95. The van der Waals surface area contributed by atoms with Crippen LogP contribution in [0.3, 0.4) is 0 Å². The number of amides is 1. The van der Waals surface area contributed by atoms with Gasteiger partial charge in [-0.25, -0.2) is 0 Å². The van der Waals surface area contributed by atoms with Crippen molar-refractivity contribution >= 4 is 33.8 Å². The van der Waals surface area contributed by atoms with E-state index in [0.29, 0.717) is 35.0 Å². The second kappa shape index (κ2) is 9.95. The molecule has 0 radical (unpaired) electrons. The van der Waals surface area contributed by atoms with Gasteiger partial charge in [0.2, 0.25) is 5.91 Å². The molecule has 0 spiro atoms. The van der Waals surface area contributed by atoms with E-state index in [9.17, 15) is 10.1 Å². The average molecular weight is 417 g/mol. The molecule has 1 amide bonds. The number of rotatable bonds is 6. The highest BCUT2D eigenvalue weighted by Crippen LogP contribution is 2.36. The number of carbonyl (C=O) groups excluding carboxylic acids is 1. The lowest BCUT2D eigenvalue weighted by Crippen LogP contribution is -2.13. The summed E-state index contributed by atoms with van der Waals surface area (Å²) in [5.74, 6) is 0.719. The van der Waals surface area contributed by atoms with Gasteiger partial charge in [-0.1, -0.05) is 24.4 Å². The van der Waals surface area contributed by atoms with Crippen molar-refractivity contribution in [3.63, 3.8) is 0 Å². The van der Waals surface area contributed by atoms with Gasteiger partial charge in [-0.3, -0.25) is 4.79 Å². The number of benzene rings is 1. The lowest BCUT2D eigenvalue weighted by Gasteiger charge is -2.09. The van der Waals surface area contributed by atoms with Crippen LogP contribution in [0.4, 0.5) is 5.00 Å². The number of fused-ring (bicyclic) bond motifs is 1. The van der Waals surface area contributed by atoms with Gasteiger partial charge in [0.05, 0.1) is 12.2 Å². The molecule has 0 atom stereocenters. The van der Waals surface area contributed by atoms with Crippen molar-refractivity contribution in [2.45, 2.75) is 58.3 Å². The van der Waals surface area contributed by atoms with Crippen molar-refractivity contribution in [1.29, 1.82) is 5.26 Å². The number of anilines is 1. The van der Waals surface area contributed by atoms with Crippen molar-refractivity contribution in [3.05, 3.63) is 44.8 Å². The minimum absolute atomic E-state index is 0.0675. The molecule has 1 aliphatic rings. The molecule has 0 saturated heterocycles. The fourth-order valence-corrected chi connectivity index (χ4v) is 4.99. The Labute approximate surface area is 175 Å². The van der Waals surface area contributed by atoms with Gasteiger partial charge in [0.25, 0.3) is 0 Å². The zero-order valence-electron chi connectivity index (χ0n) is 16.1. The monoisotopic (exact) mass is 416 g/mol. The van der Waals surface area contributed by atoms with Gasteiger partial charge in [-0.2, -0.15) is 5.26 Å². The molecule has 3 rings (SSSR count). The number of ether oxygens (including phenoxy) is 1. The number of nitrogens with zero attached hydrogens (tertiary/aromatic N) is 1. The smallest absolute Gasteiger partial charge is 0.225 e. The largest absolute Gasteiger partial charge is 0.493 e. The molecule has 0 unspecified atom stereocenters. The Morgan fingerprint density at radius 1 is 1.29 bits per heavy atom. The molecule has 1 aliphatic carbocycles. The summed E-state index contributed by atoms with van der Waals surface area (Å²) in [5, 5.41) is 14.0. The first kappa shape index (κ1) is 20.7. The summed E-state index contributed by atoms with van der Waals surface area (Å²) in [6.07, 6.45) is 7.67. The Balaban J connectivity index is 1.53. The van der Waals surface area contributed by atoms with Gasteiger partial charge < -0.3 is 10.1 Å². The number of hydrogen-bond donors (Lipinski definition) is 1. The number of halogens is 1. The van der Waals surface area contributed by atoms with E-state index in [2.05, 4.69) is 11.4 Å². The molecule has 6 heteroatoms. The maximum atomic E-state index is 12.4. The first-order valence-corrected chi connectivity index (χ1v) is 11.0. The molecular formula is C22H25ClN2O2S. The molecule has 4 nitrogen and oxygen atoms in total. The lowest BCUT2D eigenvalue weighted by atomic mass is 9.97. The Morgan fingerprint density at radius 3 is 2.82 bits per heavy atom. The summed E-state index contributed by atoms with van der Waals surface area (Å²) in [5.41, 5.74) is 2.80. The Hall–Kier alpha value is -2.03. The van der Waals surface area contributed by atoms with Crippen LogP contribution >= 0.6 is 22.9 Å². The van der Waals surface area contributed by atoms with Gasteiger partial charge in [0.15, 0.2) is 0 Å². The van der Waals surface area contributed by atoms with Crippen molar-refractivity contribution in [2.24, 2.45) is 0 Å². The Morgan fingerprint density at radius 2 is 2.07 bits per heavy atom. The van der Waals surface area contributed by atoms with Crippen molar-refractivity contribution in [2.75, 3.05) is 11.9 Å². The second-order valence-electron chi connectivity index (χ2n) is 7.14. The van der Waals surface area contributed by atoms with Crippen molar-refractivity contribution in [1.82, 2.24) is 0 Å². The standard InChI is InChI=1S/C22H25ClN2O2S/c1-15-13-16(23)10-11-19(15)27-12-6-9-21(26)25-22-18(14-24)17-7-4-2-3-5-8-20(17)28-22/h10-11,13H,2-9,12H2,1H3,(H,25,26). The maximum absolute atomic E-state index is 12.4. The number of thiophene rings is 1. The van der Waals surface area contributed by atoms with Gasteiger partial charge in [-0.15, -0.1) is 11.3 Å². The minimum Gasteiger partial charge on any atom is -0.493 e. The molecule has 28 heavy (non-hydrogen) atoms. The minimum atomic E-state index is -0.0675. The molecule has 0 saturated carbocycles. The van der Waals surface area contributed by atoms with Gasteiger partial charge >= 0.3 is 0 Å². The molecule has 1 aromatic heterocycles. The number of hydrogen-bond acceptors (Lipinski definition) is 4. The highest BCUT2D eigenvalue weighted by molar-refractivity contribution is 7.16. The zero-order chi connectivity index (χ0) is 19.9. The second-order valence-corrected chi connectivity index (χ2v) is 8.69. The van der Waals surface area contributed by atoms with Crippen LogP contribution in [0.15, 0.2) is 18.2 Å². The van der Waals surface area contributed by atoms with Crippen LogP contribution in [0.25, 0.3) is 0 Å². The molecule has 148 valence electrons. The molecule has 2 aromatic rings. The van der Waals surface area contributed by atoms with E-state index in [0.717, 1.165) is 42.6 Å². The Bertz CT molecular complexity index is 885. The molecule has 0 fully saturated rings. The van der Waals surface area contributed by atoms with Crippen molar-refractivity contribution < 1.29 is 9.53 Å². The third kappa shape index (κ3) is 5.27. The first-order valence-electron chi connectivity index (χ1n) is 9.82. The summed E-state index contributed by atoms with van der Waals surface area (Å²) < 4.78 is 5.74. The molecule has 1 heterocycles. The van der Waals surface area contributed by atoms with E-state index in [4.69, 9.17) is 16.3 Å². The van der Waals surface area contributed by atoms with Crippen LogP contribution in [0, 0.1) is 18.3 Å². The summed E-state index contributed by atoms with van der Waals surface area (Å²) in [7, 11) is 0. The van der Waals surface area contributed by atoms with Gasteiger partial charge in [-0.05, 0) is 68.4 Å². The van der Waals surface area contributed by atoms with Crippen LogP contribution in [-0.2, 0) is 17.6 Å². The molecule has 0 bridgehead atoms. The van der Waals surface area contributed by atoms with E-state index in [1.807, 2.05) is 19.1 Å². The van der Waals surface area contributed by atoms with Crippen LogP contribution in [0.5, 0.6) is 5.75 Å². The van der Waals surface area contributed by atoms with Crippen LogP contribution < -0.4 is 10.1 Å². The number of aryl methyl sites for hydroxylation is 2. The predicted octanol–water partition coefficient (Wildman–Crippen LogP) is 6.04. The van der Waals surface area contributed by atoms with Crippen molar-refractivity contribution in [3.8, 4) is 11.8 Å². The summed E-state index contributed by atoms with van der Waals surface area (Å²) >= 11 is 7.53. The van der Waals surface area contributed by atoms with E-state index < -0.39 is 0 Å². The summed E-state index contributed by atoms with van der Waals surface area (Å²) in [6, 6.07) is 7.81. The molecule has 1 aromatic carbocycles. The highest BCUT2D eigenvalue weighted by atomic mass is 35.5. The van der Waals surface area contributed by atoms with E-state index in [-0.39, 0.29) is 5.91 Å². The van der Waals surface area contributed by atoms with Gasteiger partial charge in [0, 0.05) is 16.3 Å². The molecule has 1 N–H and O–H groups in total. The highest BCUT2D eigenvalue weighted by Gasteiger charge is 2.20. The van der Waals surface area contributed by atoms with E-state index in [1.165, 1.54) is 17.7 Å². The van der Waals surface area contributed by atoms with E-state index >= 15 is 0 Å². The van der Waals surface area contributed by atoms with Gasteiger partial charge in [0.1, 0.15) is 16.8 Å².